The smallest absolute Gasteiger partial charge is 0 e. The first-order valence-corrected chi connectivity index (χ1v) is 5.32. The Balaban J connectivity index is 0. The molecule has 17 heavy (non-hydrogen) atoms. The maximum absolute atomic E-state index is 3.19. The van der Waals surface area contributed by atoms with E-state index < -0.39 is 0 Å². The minimum Gasteiger partial charge on any atom is -0.344 e. The molecule has 0 aliphatic heterocycles. The van der Waals surface area contributed by atoms with Crippen molar-refractivity contribution in [3.8, 4) is 0 Å². The van der Waals surface area contributed by atoms with Crippen molar-refractivity contribution in [1.82, 2.24) is 6.15 Å². The normalized spacial score (nSPS) is 12.2. The molecule has 3 N–H and O–H groups in total. The predicted octanol–water partition coefficient (Wildman–Crippen LogP) is 4.72. The number of rotatable bonds is 2. The summed E-state index contributed by atoms with van der Waals surface area (Å²) >= 11 is 0. The summed E-state index contributed by atoms with van der Waals surface area (Å²) in [5.41, 5.74) is 6.49. The van der Waals surface area contributed by atoms with Crippen molar-refractivity contribution < 1.29 is 32.7 Å². The van der Waals surface area contributed by atoms with Gasteiger partial charge in [-0.3, -0.25) is 6.08 Å². The molecule has 2 heteroatoms. The van der Waals surface area contributed by atoms with E-state index in [1.165, 1.54) is 27.8 Å². The van der Waals surface area contributed by atoms with Crippen LogP contribution in [0.4, 0.5) is 0 Å². The molecule has 0 atom stereocenters. The summed E-state index contributed by atoms with van der Waals surface area (Å²) in [6, 6.07) is 8.66. The third-order valence-electron chi connectivity index (χ3n) is 2.98. The molecule has 0 aromatic heterocycles. The Morgan fingerprint density at radius 1 is 1.00 bits per heavy atom. The number of hydrogen-bond acceptors (Lipinski definition) is 1. The fourth-order valence-electron chi connectivity index (χ4n) is 1.49. The number of benzene rings is 1. The fourth-order valence-corrected chi connectivity index (χ4v) is 1.49. The van der Waals surface area contributed by atoms with Crippen LogP contribution in [-0.2, 0) is 32.7 Å². The number of allylic oxidation sites excluding steroid dienone is 4. The first kappa shape index (κ1) is 19.1. The van der Waals surface area contributed by atoms with E-state index in [2.05, 4.69) is 58.0 Å². The van der Waals surface area contributed by atoms with Crippen molar-refractivity contribution in [3.05, 3.63) is 52.6 Å². The van der Waals surface area contributed by atoms with E-state index in [9.17, 15) is 0 Å². The molecule has 1 aromatic carbocycles. The van der Waals surface area contributed by atoms with Gasteiger partial charge < -0.3 is 6.15 Å². The van der Waals surface area contributed by atoms with Crippen LogP contribution in [0.5, 0.6) is 0 Å². The summed E-state index contributed by atoms with van der Waals surface area (Å²) in [6.07, 6.45) is 3.19. The van der Waals surface area contributed by atoms with Crippen LogP contribution in [0.3, 0.4) is 0 Å². The Morgan fingerprint density at radius 3 is 1.88 bits per heavy atom. The molecule has 0 unspecified atom stereocenters. The Morgan fingerprint density at radius 2 is 1.47 bits per heavy atom. The zero-order valence-corrected chi connectivity index (χ0v) is 14.4. The number of aryl methyl sites for hydroxylation is 1. The van der Waals surface area contributed by atoms with Crippen LogP contribution >= 0.6 is 0 Å². The van der Waals surface area contributed by atoms with E-state index in [1.54, 1.807) is 0 Å². The van der Waals surface area contributed by atoms with Gasteiger partial charge in [0.2, 0.25) is 0 Å². The van der Waals surface area contributed by atoms with Gasteiger partial charge >= 0.3 is 0 Å². The molecule has 0 saturated heterocycles. The van der Waals surface area contributed by atoms with Gasteiger partial charge in [-0.05, 0) is 12.5 Å². The monoisotopic (exact) mass is 305 g/mol. The van der Waals surface area contributed by atoms with Crippen LogP contribution in [0.2, 0.25) is 0 Å². The summed E-state index contributed by atoms with van der Waals surface area (Å²) in [5.74, 6) is 0. The molecule has 0 spiro atoms. The Hall–Kier alpha value is -0.236. The molecule has 0 aliphatic rings. The van der Waals surface area contributed by atoms with Crippen molar-refractivity contribution in [2.45, 2.75) is 34.6 Å². The van der Waals surface area contributed by atoms with Crippen LogP contribution in [0.15, 0.2) is 35.4 Å². The standard InChI is InChI=1S/C15H19.H3N.Y/c1-6-12(3)13(4)14(5)15-9-7-11(2)8-10-15;;/h7-10H,1-5H3;1H3;/q-1;;/b14-13+;;. The maximum atomic E-state index is 3.19. The minimum absolute atomic E-state index is 0. The molecule has 1 radical (unpaired) electrons. The molecule has 0 amide bonds. The topological polar surface area (TPSA) is 35.0 Å². The molecular formula is C15H22NY-. The zero-order valence-electron chi connectivity index (χ0n) is 11.6. The van der Waals surface area contributed by atoms with Crippen LogP contribution in [-0.4, -0.2) is 0 Å². The van der Waals surface area contributed by atoms with E-state index >= 15 is 0 Å². The summed E-state index contributed by atoms with van der Waals surface area (Å²) in [6.45, 7) is 10.5. The first-order valence-electron chi connectivity index (χ1n) is 5.32. The van der Waals surface area contributed by atoms with Crippen molar-refractivity contribution in [2.75, 3.05) is 0 Å². The molecule has 0 heterocycles. The van der Waals surface area contributed by atoms with E-state index in [0.717, 1.165) is 0 Å². The van der Waals surface area contributed by atoms with E-state index in [-0.39, 0.29) is 38.9 Å². The van der Waals surface area contributed by atoms with Gasteiger partial charge in [0, 0.05) is 32.7 Å². The molecule has 91 valence electrons. The largest absolute Gasteiger partial charge is 0.344 e. The third-order valence-corrected chi connectivity index (χ3v) is 2.98. The fraction of sp³-hybridized carbons (Fsp3) is 0.333. The van der Waals surface area contributed by atoms with Gasteiger partial charge in [0.25, 0.3) is 0 Å². The maximum Gasteiger partial charge on any atom is 0 e. The molecule has 0 saturated carbocycles. The van der Waals surface area contributed by atoms with Crippen molar-refractivity contribution >= 4 is 5.57 Å². The van der Waals surface area contributed by atoms with Crippen LogP contribution in [0.25, 0.3) is 5.57 Å². The Kier molecular flexibility index (Phi) is 9.89. The van der Waals surface area contributed by atoms with Gasteiger partial charge in [0.15, 0.2) is 0 Å². The molecule has 1 aromatic rings. The van der Waals surface area contributed by atoms with Crippen molar-refractivity contribution in [3.63, 3.8) is 0 Å². The molecule has 0 aliphatic carbocycles. The quantitative estimate of drug-likeness (QED) is 0.623. The summed E-state index contributed by atoms with van der Waals surface area (Å²) in [4.78, 5) is 0. The molecule has 1 rings (SSSR count). The van der Waals surface area contributed by atoms with E-state index in [4.69, 9.17) is 0 Å². The van der Waals surface area contributed by atoms with Gasteiger partial charge in [-0.15, -0.1) is 19.4 Å². The van der Waals surface area contributed by atoms with Crippen LogP contribution in [0.1, 0.15) is 38.8 Å². The SMILES string of the molecule is C[C-]=C(C)/C(C)=C(\C)c1ccc(C)cc1.N.[Y]. The molecule has 0 fully saturated rings. The third kappa shape index (κ3) is 5.29. The summed E-state index contributed by atoms with van der Waals surface area (Å²) < 4.78 is 0. The predicted molar refractivity (Wildman–Crippen MR) is 72.6 cm³/mol. The molecular weight excluding hydrogens is 283 g/mol. The molecule has 1 nitrogen and oxygen atoms in total. The van der Waals surface area contributed by atoms with Crippen molar-refractivity contribution in [1.29, 1.82) is 0 Å². The number of hydrogen-bond donors (Lipinski definition) is 1. The van der Waals surface area contributed by atoms with Crippen LogP contribution in [0, 0.1) is 13.0 Å². The van der Waals surface area contributed by atoms with Gasteiger partial charge in [0.05, 0.1) is 0 Å². The van der Waals surface area contributed by atoms with Gasteiger partial charge in [0.1, 0.15) is 0 Å². The molecule has 0 bridgehead atoms. The second-order valence-corrected chi connectivity index (χ2v) is 3.99. The van der Waals surface area contributed by atoms with E-state index in [1.807, 2.05) is 6.92 Å². The average molecular weight is 305 g/mol. The van der Waals surface area contributed by atoms with Crippen molar-refractivity contribution in [2.24, 2.45) is 0 Å². The summed E-state index contributed by atoms with van der Waals surface area (Å²) in [5, 5.41) is 0. The Labute approximate surface area is 131 Å². The average Bonchev–Trinajstić information content (AvgIpc) is 2.27. The van der Waals surface area contributed by atoms with Gasteiger partial charge in [-0.1, -0.05) is 43.7 Å². The summed E-state index contributed by atoms with van der Waals surface area (Å²) in [7, 11) is 0. The second-order valence-electron chi connectivity index (χ2n) is 3.99. The first-order chi connectivity index (χ1) is 7.06. The Bertz CT molecular complexity index is 399. The second kappa shape index (κ2) is 8.80. The van der Waals surface area contributed by atoms with Crippen LogP contribution < -0.4 is 6.15 Å². The van der Waals surface area contributed by atoms with Gasteiger partial charge in [-0.2, -0.15) is 5.57 Å². The van der Waals surface area contributed by atoms with Gasteiger partial charge in [-0.25, -0.2) is 5.57 Å². The zero-order chi connectivity index (χ0) is 11.4. The minimum atomic E-state index is 0. The van der Waals surface area contributed by atoms with E-state index in [0.29, 0.717) is 0 Å².